The maximum Gasteiger partial charge on any atom is 0.326 e. The Labute approximate surface area is 118 Å². The predicted molar refractivity (Wildman–Crippen MR) is 73.3 cm³/mol. The normalized spacial score (nSPS) is 11.3. The highest BCUT2D eigenvalue weighted by molar-refractivity contribution is 5.83. The van der Waals surface area contributed by atoms with Gasteiger partial charge in [-0.3, -0.25) is 4.79 Å². The number of hydrogen-bond donors (Lipinski definition) is 2. The van der Waals surface area contributed by atoms with Gasteiger partial charge in [0.15, 0.2) is 0 Å². The second kappa shape index (κ2) is 9.82. The van der Waals surface area contributed by atoms with Crippen molar-refractivity contribution in [3.05, 3.63) is 12.7 Å². The van der Waals surface area contributed by atoms with Gasteiger partial charge in [-0.2, -0.15) is 0 Å². The number of hydrogen-bond acceptors (Lipinski definition) is 4. The highest BCUT2D eigenvalue weighted by atomic mass is 16.5. The Hall–Kier alpha value is -2.05. The molecule has 0 aromatic heterocycles. The van der Waals surface area contributed by atoms with Crippen molar-refractivity contribution in [1.29, 1.82) is 0 Å². The molecule has 0 unspecified atom stereocenters. The first-order valence-corrected chi connectivity index (χ1v) is 6.42. The summed E-state index contributed by atoms with van der Waals surface area (Å²) in [7, 11) is 1.23. The van der Waals surface area contributed by atoms with Crippen molar-refractivity contribution in [2.24, 2.45) is 0 Å². The fourth-order valence-electron chi connectivity index (χ4n) is 1.56. The number of carbonyl (C=O) groups is 3. The summed E-state index contributed by atoms with van der Waals surface area (Å²) in [5, 5.41) is 11.4. The van der Waals surface area contributed by atoms with Crippen LogP contribution in [0.25, 0.3) is 0 Å². The number of aliphatic carboxylic acids is 1. The summed E-state index contributed by atoms with van der Waals surface area (Å²) in [6, 6.07) is -1.60. The number of nitrogens with zero attached hydrogens (tertiary/aromatic N) is 1. The average Bonchev–Trinajstić information content (AvgIpc) is 2.42. The lowest BCUT2D eigenvalue weighted by Crippen LogP contribution is -2.48. The van der Waals surface area contributed by atoms with Crippen molar-refractivity contribution in [1.82, 2.24) is 10.2 Å². The molecule has 0 saturated heterocycles. The van der Waals surface area contributed by atoms with Crippen LogP contribution >= 0.6 is 0 Å². The van der Waals surface area contributed by atoms with E-state index in [4.69, 9.17) is 5.11 Å². The molecule has 0 aliphatic rings. The van der Waals surface area contributed by atoms with E-state index in [9.17, 15) is 14.4 Å². The Balaban J connectivity index is 4.55. The van der Waals surface area contributed by atoms with Crippen LogP contribution in [0.15, 0.2) is 12.7 Å². The minimum atomic E-state index is -1.18. The van der Waals surface area contributed by atoms with Crippen LogP contribution in [0.3, 0.4) is 0 Å². The van der Waals surface area contributed by atoms with Gasteiger partial charge < -0.3 is 20.1 Å². The zero-order chi connectivity index (χ0) is 15.5. The molecule has 0 bridgehead atoms. The lowest BCUT2D eigenvalue weighted by atomic mass is 10.1. The number of carboxylic acid groups (broad SMARTS) is 1. The van der Waals surface area contributed by atoms with Gasteiger partial charge >= 0.3 is 18.0 Å². The van der Waals surface area contributed by atoms with E-state index in [1.807, 2.05) is 6.92 Å². The summed E-state index contributed by atoms with van der Waals surface area (Å²) in [4.78, 5) is 35.5. The van der Waals surface area contributed by atoms with Crippen LogP contribution in [-0.4, -0.2) is 54.2 Å². The van der Waals surface area contributed by atoms with Crippen molar-refractivity contribution < 1.29 is 24.2 Å². The van der Waals surface area contributed by atoms with Crippen LogP contribution in [0, 0.1) is 0 Å². The third-order valence-electron chi connectivity index (χ3n) is 2.59. The molecule has 2 amide bonds. The molecule has 7 heteroatoms. The van der Waals surface area contributed by atoms with Gasteiger partial charge in [0.05, 0.1) is 7.11 Å². The van der Waals surface area contributed by atoms with Gasteiger partial charge in [0, 0.05) is 19.5 Å². The molecule has 0 spiro atoms. The fourth-order valence-corrected chi connectivity index (χ4v) is 1.56. The SMILES string of the molecule is C=CCN(CCC)C(=O)N[C@@H](CCC(=O)OC)C(=O)O. The molecule has 2 N–H and O–H groups in total. The predicted octanol–water partition coefficient (Wildman–Crippen LogP) is 1.00. The summed E-state index contributed by atoms with van der Waals surface area (Å²) >= 11 is 0. The Bertz CT molecular complexity index is 357. The molecule has 0 aliphatic carbocycles. The van der Waals surface area contributed by atoms with Gasteiger partial charge in [0.25, 0.3) is 0 Å². The third-order valence-corrected chi connectivity index (χ3v) is 2.59. The van der Waals surface area contributed by atoms with E-state index in [0.29, 0.717) is 13.1 Å². The summed E-state index contributed by atoms with van der Waals surface area (Å²) < 4.78 is 4.44. The van der Waals surface area contributed by atoms with Crippen LogP contribution < -0.4 is 5.32 Å². The second-order valence-corrected chi connectivity index (χ2v) is 4.19. The summed E-state index contributed by atoms with van der Waals surface area (Å²) in [6.07, 6.45) is 2.24. The number of methoxy groups -OCH3 is 1. The highest BCUT2D eigenvalue weighted by Gasteiger charge is 2.23. The maximum atomic E-state index is 11.9. The molecule has 20 heavy (non-hydrogen) atoms. The monoisotopic (exact) mass is 286 g/mol. The number of carbonyl (C=O) groups excluding carboxylic acids is 2. The molecule has 0 aromatic rings. The summed E-state index contributed by atoms with van der Waals surface area (Å²) in [5.74, 6) is -1.70. The van der Waals surface area contributed by atoms with Crippen LogP contribution in [0.4, 0.5) is 4.79 Å². The van der Waals surface area contributed by atoms with Crippen LogP contribution in [0.1, 0.15) is 26.2 Å². The molecular formula is C13H22N2O5. The zero-order valence-corrected chi connectivity index (χ0v) is 11.9. The minimum Gasteiger partial charge on any atom is -0.480 e. The number of ether oxygens (including phenoxy) is 1. The highest BCUT2D eigenvalue weighted by Crippen LogP contribution is 2.02. The van der Waals surface area contributed by atoms with E-state index in [1.54, 1.807) is 6.08 Å². The first kappa shape index (κ1) is 17.9. The van der Waals surface area contributed by atoms with E-state index < -0.39 is 24.0 Å². The molecule has 114 valence electrons. The van der Waals surface area contributed by atoms with E-state index in [0.717, 1.165) is 6.42 Å². The maximum absolute atomic E-state index is 11.9. The topological polar surface area (TPSA) is 95.9 Å². The molecule has 0 aliphatic heterocycles. The zero-order valence-electron chi connectivity index (χ0n) is 11.9. The van der Waals surface area contributed by atoms with E-state index in [-0.39, 0.29) is 12.8 Å². The Kier molecular flexibility index (Phi) is 8.82. The molecule has 0 saturated carbocycles. The number of amides is 2. The Morgan fingerprint density at radius 3 is 2.55 bits per heavy atom. The molecule has 0 rings (SSSR count). The minimum absolute atomic E-state index is 0.0121. The van der Waals surface area contributed by atoms with Gasteiger partial charge in [0.1, 0.15) is 6.04 Å². The first-order valence-electron chi connectivity index (χ1n) is 6.42. The Morgan fingerprint density at radius 2 is 2.10 bits per heavy atom. The standard InChI is InChI=1S/C13H22N2O5/c1-4-8-15(9-5-2)13(19)14-10(12(17)18)6-7-11(16)20-3/h4,10H,1,5-9H2,2-3H3,(H,14,19)(H,17,18)/t10-/m0/s1. The number of nitrogens with one attached hydrogen (secondary N) is 1. The number of carboxylic acids is 1. The van der Waals surface area contributed by atoms with Crippen LogP contribution in [-0.2, 0) is 14.3 Å². The van der Waals surface area contributed by atoms with Gasteiger partial charge in [-0.25, -0.2) is 9.59 Å². The molecule has 0 heterocycles. The molecule has 0 aromatic carbocycles. The van der Waals surface area contributed by atoms with E-state index >= 15 is 0 Å². The first-order chi connectivity index (χ1) is 9.46. The van der Waals surface area contributed by atoms with Crippen LogP contribution in [0.2, 0.25) is 0 Å². The van der Waals surface area contributed by atoms with Crippen molar-refractivity contribution in [3.8, 4) is 0 Å². The van der Waals surface area contributed by atoms with Crippen molar-refractivity contribution in [2.75, 3.05) is 20.2 Å². The van der Waals surface area contributed by atoms with Crippen molar-refractivity contribution in [3.63, 3.8) is 0 Å². The molecule has 7 nitrogen and oxygen atoms in total. The summed E-state index contributed by atoms with van der Waals surface area (Å²) in [6.45, 7) is 6.30. The van der Waals surface area contributed by atoms with Gasteiger partial charge in [0.2, 0.25) is 0 Å². The number of rotatable bonds is 9. The second-order valence-electron chi connectivity index (χ2n) is 4.19. The molecule has 0 radical (unpaired) electrons. The smallest absolute Gasteiger partial charge is 0.326 e. The van der Waals surface area contributed by atoms with Gasteiger partial charge in [-0.15, -0.1) is 6.58 Å². The van der Waals surface area contributed by atoms with E-state index in [1.165, 1.54) is 12.0 Å². The van der Waals surface area contributed by atoms with Gasteiger partial charge in [-0.05, 0) is 12.8 Å². The quantitative estimate of drug-likeness (QED) is 0.487. The van der Waals surface area contributed by atoms with Crippen molar-refractivity contribution in [2.45, 2.75) is 32.2 Å². The van der Waals surface area contributed by atoms with E-state index in [2.05, 4.69) is 16.6 Å². The average molecular weight is 286 g/mol. The third kappa shape index (κ3) is 6.77. The largest absolute Gasteiger partial charge is 0.480 e. The fraction of sp³-hybridized carbons (Fsp3) is 0.615. The van der Waals surface area contributed by atoms with Crippen molar-refractivity contribution >= 4 is 18.0 Å². The lowest BCUT2D eigenvalue weighted by Gasteiger charge is -2.23. The lowest BCUT2D eigenvalue weighted by molar-refractivity contribution is -0.142. The summed E-state index contributed by atoms with van der Waals surface area (Å²) in [5.41, 5.74) is 0. The number of urea groups is 1. The number of esters is 1. The van der Waals surface area contributed by atoms with Crippen LogP contribution in [0.5, 0.6) is 0 Å². The Morgan fingerprint density at radius 1 is 1.45 bits per heavy atom. The molecule has 1 atom stereocenters. The molecule has 0 fully saturated rings. The van der Waals surface area contributed by atoms with Gasteiger partial charge in [-0.1, -0.05) is 13.0 Å². The molecular weight excluding hydrogens is 264 g/mol.